The number of benzene rings is 2. The van der Waals surface area contributed by atoms with Crippen molar-refractivity contribution < 1.29 is 13.6 Å². The van der Waals surface area contributed by atoms with E-state index in [0.29, 0.717) is 11.5 Å². The fourth-order valence-corrected chi connectivity index (χ4v) is 1.89. The van der Waals surface area contributed by atoms with Gasteiger partial charge in [-0.1, -0.05) is 43.3 Å². The maximum absolute atomic E-state index is 11.5. The molecule has 0 aliphatic heterocycles. The van der Waals surface area contributed by atoms with Gasteiger partial charge in [0.15, 0.2) is 0 Å². The number of rotatable bonds is 4. The van der Waals surface area contributed by atoms with E-state index in [2.05, 4.69) is 0 Å². The quantitative estimate of drug-likeness (QED) is 0.602. The molecule has 0 unspecified atom stereocenters. The second kappa shape index (κ2) is 9.48. The Morgan fingerprint density at radius 1 is 0.895 bits per heavy atom. The molecule has 0 atom stereocenters. The van der Waals surface area contributed by atoms with Gasteiger partial charge < -0.3 is 9.05 Å². The molecular formula is C14H16ClO3P. The van der Waals surface area contributed by atoms with Crippen molar-refractivity contribution in [3.05, 3.63) is 60.7 Å². The number of halogens is 1. The van der Waals surface area contributed by atoms with Gasteiger partial charge >= 0.3 is 8.25 Å². The van der Waals surface area contributed by atoms with Crippen LogP contribution in [0.15, 0.2) is 60.7 Å². The third-order valence-electron chi connectivity index (χ3n) is 1.89. The van der Waals surface area contributed by atoms with Crippen LogP contribution in [0, 0.1) is 0 Å². The normalized spacial score (nSPS) is 9.42. The van der Waals surface area contributed by atoms with Crippen molar-refractivity contribution in [1.29, 1.82) is 0 Å². The summed E-state index contributed by atoms with van der Waals surface area (Å²) in [4.78, 5) is 0. The smallest absolute Gasteiger partial charge is 0.418 e. The Morgan fingerprint density at radius 3 is 1.53 bits per heavy atom. The molecule has 0 bridgehead atoms. The topological polar surface area (TPSA) is 35.5 Å². The maximum atomic E-state index is 11.5. The van der Waals surface area contributed by atoms with Gasteiger partial charge in [0.1, 0.15) is 11.5 Å². The fourth-order valence-electron chi connectivity index (χ4n) is 1.19. The van der Waals surface area contributed by atoms with E-state index in [4.69, 9.17) is 20.6 Å². The summed E-state index contributed by atoms with van der Waals surface area (Å²) in [5, 5.41) is 0. The Balaban J connectivity index is 0.000000550. The molecule has 102 valence electrons. The predicted molar refractivity (Wildman–Crippen MR) is 79.5 cm³/mol. The summed E-state index contributed by atoms with van der Waals surface area (Å²) in [5.41, 5.74) is 0. The van der Waals surface area contributed by atoms with E-state index in [0.717, 1.165) is 5.88 Å². The van der Waals surface area contributed by atoms with E-state index in [1.165, 1.54) is 0 Å². The van der Waals surface area contributed by atoms with Crippen LogP contribution in [-0.2, 0) is 4.57 Å². The summed E-state index contributed by atoms with van der Waals surface area (Å²) in [5.74, 6) is 1.81. The van der Waals surface area contributed by atoms with Crippen molar-refractivity contribution in [3.8, 4) is 11.5 Å². The van der Waals surface area contributed by atoms with Crippen LogP contribution in [0.4, 0.5) is 0 Å². The van der Waals surface area contributed by atoms with Crippen molar-refractivity contribution in [1.82, 2.24) is 0 Å². The molecule has 2 aromatic rings. The molecule has 0 fully saturated rings. The first-order valence-electron chi connectivity index (χ1n) is 5.82. The maximum Gasteiger partial charge on any atom is 0.418 e. The molecule has 0 aliphatic rings. The minimum absolute atomic E-state index is 0.544. The molecule has 0 saturated heterocycles. The van der Waals surface area contributed by atoms with Crippen molar-refractivity contribution in [2.24, 2.45) is 0 Å². The van der Waals surface area contributed by atoms with Crippen LogP contribution in [0.3, 0.4) is 0 Å². The largest absolute Gasteiger partial charge is 0.418 e. The molecular weight excluding hydrogens is 283 g/mol. The van der Waals surface area contributed by atoms with Crippen molar-refractivity contribution in [3.63, 3.8) is 0 Å². The molecule has 0 aromatic heterocycles. The molecule has 0 heterocycles. The highest BCUT2D eigenvalue weighted by molar-refractivity contribution is 7.34. The van der Waals surface area contributed by atoms with Gasteiger partial charge in [-0.05, 0) is 24.3 Å². The van der Waals surface area contributed by atoms with E-state index in [1.807, 2.05) is 43.3 Å². The number of alkyl halides is 1. The molecule has 0 amide bonds. The summed E-state index contributed by atoms with van der Waals surface area (Å²) in [6.07, 6.45) is 0. The Kier molecular flexibility index (Phi) is 7.80. The lowest BCUT2D eigenvalue weighted by atomic mass is 10.3. The van der Waals surface area contributed by atoms with Crippen LogP contribution >= 0.6 is 19.9 Å². The summed E-state index contributed by atoms with van der Waals surface area (Å²) in [6, 6.07) is 17.9. The lowest BCUT2D eigenvalue weighted by molar-refractivity contribution is 0.415. The van der Waals surface area contributed by atoms with Gasteiger partial charge in [0, 0.05) is 5.88 Å². The van der Waals surface area contributed by atoms with E-state index in [9.17, 15) is 4.57 Å². The Morgan fingerprint density at radius 2 is 1.21 bits per heavy atom. The van der Waals surface area contributed by atoms with Gasteiger partial charge in [-0.3, -0.25) is 0 Å². The van der Waals surface area contributed by atoms with Crippen LogP contribution in [-0.4, -0.2) is 5.88 Å². The Hall–Kier alpha value is -1.44. The molecule has 0 spiro atoms. The molecule has 5 heteroatoms. The van der Waals surface area contributed by atoms with Gasteiger partial charge in [-0.25, -0.2) is 4.57 Å². The second-order valence-corrected chi connectivity index (χ2v) is 4.79. The number of para-hydroxylation sites is 2. The summed E-state index contributed by atoms with van der Waals surface area (Å²) in [6.45, 7) is 1.89. The molecule has 0 aliphatic carbocycles. The molecule has 0 radical (unpaired) electrons. The summed E-state index contributed by atoms with van der Waals surface area (Å²) < 4.78 is 21.8. The highest BCUT2D eigenvalue weighted by atomic mass is 35.5. The molecule has 2 rings (SSSR count). The average molecular weight is 299 g/mol. The van der Waals surface area contributed by atoms with Crippen LogP contribution in [0.1, 0.15) is 6.92 Å². The zero-order valence-electron chi connectivity index (χ0n) is 10.6. The minimum atomic E-state index is -2.54. The average Bonchev–Trinajstić information content (AvgIpc) is 2.41. The highest BCUT2D eigenvalue weighted by Crippen LogP contribution is 2.29. The second-order valence-electron chi connectivity index (χ2n) is 3.35. The number of hydrogen-bond acceptors (Lipinski definition) is 3. The molecule has 19 heavy (non-hydrogen) atoms. The SMILES string of the molecule is CCCl.O=[PH](Oc1ccccc1)Oc1ccccc1. The Labute approximate surface area is 119 Å². The molecule has 3 nitrogen and oxygen atoms in total. The molecule has 2 aromatic carbocycles. The number of hydrogen-bond donors (Lipinski definition) is 0. The van der Waals surface area contributed by atoms with Crippen LogP contribution < -0.4 is 9.05 Å². The Bertz CT molecular complexity index is 433. The zero-order valence-corrected chi connectivity index (χ0v) is 12.3. The van der Waals surface area contributed by atoms with E-state index in [-0.39, 0.29) is 0 Å². The summed E-state index contributed by atoms with van der Waals surface area (Å²) in [7, 11) is -2.54. The van der Waals surface area contributed by atoms with Gasteiger partial charge in [0.2, 0.25) is 0 Å². The monoisotopic (exact) mass is 298 g/mol. The van der Waals surface area contributed by atoms with Crippen molar-refractivity contribution in [2.75, 3.05) is 5.88 Å². The highest BCUT2D eigenvalue weighted by Gasteiger charge is 2.02. The van der Waals surface area contributed by atoms with E-state index >= 15 is 0 Å². The molecule has 0 saturated carbocycles. The van der Waals surface area contributed by atoms with Crippen LogP contribution in [0.2, 0.25) is 0 Å². The van der Waals surface area contributed by atoms with Gasteiger partial charge in [0.25, 0.3) is 0 Å². The third kappa shape index (κ3) is 6.90. The zero-order chi connectivity index (χ0) is 13.9. The predicted octanol–water partition coefficient (Wildman–Crippen LogP) is 4.78. The minimum Gasteiger partial charge on any atom is -0.418 e. The first-order valence-corrected chi connectivity index (χ1v) is 7.58. The van der Waals surface area contributed by atoms with Crippen LogP contribution in [0.5, 0.6) is 11.5 Å². The van der Waals surface area contributed by atoms with Crippen LogP contribution in [0.25, 0.3) is 0 Å². The van der Waals surface area contributed by atoms with Gasteiger partial charge in [0.05, 0.1) is 0 Å². The first kappa shape index (κ1) is 15.6. The first-order chi connectivity index (χ1) is 9.26. The van der Waals surface area contributed by atoms with Gasteiger partial charge in [-0.2, -0.15) is 0 Å². The lowest BCUT2D eigenvalue weighted by Gasteiger charge is -2.07. The summed E-state index contributed by atoms with van der Waals surface area (Å²) >= 11 is 5.00. The van der Waals surface area contributed by atoms with E-state index < -0.39 is 8.25 Å². The third-order valence-corrected chi connectivity index (χ3v) is 2.69. The fraction of sp³-hybridized carbons (Fsp3) is 0.143. The molecule has 0 N–H and O–H groups in total. The van der Waals surface area contributed by atoms with E-state index in [1.54, 1.807) is 24.3 Å². The van der Waals surface area contributed by atoms with Crippen molar-refractivity contribution in [2.45, 2.75) is 6.92 Å². The van der Waals surface area contributed by atoms with Gasteiger partial charge in [-0.15, -0.1) is 11.6 Å². The standard InChI is InChI=1S/C12H11O3P.C2H5Cl/c13-16(14-11-7-3-1-4-8-11)15-12-9-5-2-6-10-12;1-2-3/h1-10,16H;2H2,1H3. The lowest BCUT2D eigenvalue weighted by Crippen LogP contribution is -1.87. The van der Waals surface area contributed by atoms with Crippen molar-refractivity contribution >= 4 is 19.9 Å².